The summed E-state index contributed by atoms with van der Waals surface area (Å²) in [6.07, 6.45) is -0.0503. The van der Waals surface area contributed by atoms with E-state index in [-0.39, 0.29) is 11.8 Å². The molecule has 0 aliphatic heterocycles. The van der Waals surface area contributed by atoms with Crippen LogP contribution in [0.25, 0.3) is 0 Å². The van der Waals surface area contributed by atoms with Crippen LogP contribution in [0.1, 0.15) is 12.0 Å². The molecule has 0 heterocycles. The second-order valence-corrected chi connectivity index (χ2v) is 7.74. The van der Waals surface area contributed by atoms with Crippen LogP contribution < -0.4 is 0 Å². The van der Waals surface area contributed by atoms with Crippen LogP contribution >= 0.6 is 73.9 Å². The molecule has 0 N–H and O–H groups in total. The van der Waals surface area contributed by atoms with E-state index in [0.29, 0.717) is 22.1 Å². The molecule has 1 rings (SSSR count). The van der Waals surface area contributed by atoms with Crippen LogP contribution in [0.5, 0.6) is 0 Å². The quantitative estimate of drug-likeness (QED) is 0.455. The van der Waals surface area contributed by atoms with Gasteiger partial charge in [-0.05, 0) is 23.8 Å². The molecular formula is C11H8BrCl5O2. The number of rotatable bonds is 5. The van der Waals surface area contributed by atoms with Crippen molar-refractivity contribution in [1.29, 1.82) is 0 Å². The standard InChI is InChI=1S/C11H8BrCl5O2/c12-5-10(19-6-18,4-11(15,16)17)7-1-8(13)3-9(14)2-7/h1-3,6H,4-5H2. The molecule has 1 unspecified atom stereocenters. The molecule has 2 nitrogen and oxygen atoms in total. The van der Waals surface area contributed by atoms with Gasteiger partial charge in [0.2, 0.25) is 0 Å². The lowest BCUT2D eigenvalue weighted by Gasteiger charge is -2.33. The molecule has 0 aromatic heterocycles. The van der Waals surface area contributed by atoms with Gasteiger partial charge >= 0.3 is 0 Å². The van der Waals surface area contributed by atoms with Crippen LogP contribution in [0.4, 0.5) is 0 Å². The van der Waals surface area contributed by atoms with Crippen molar-refractivity contribution in [2.75, 3.05) is 5.33 Å². The Balaban J connectivity index is 3.32. The Kier molecular flexibility index (Phi) is 6.56. The van der Waals surface area contributed by atoms with Gasteiger partial charge in [-0.2, -0.15) is 0 Å². The molecule has 0 saturated carbocycles. The van der Waals surface area contributed by atoms with Gasteiger partial charge in [-0.25, -0.2) is 0 Å². The Morgan fingerprint density at radius 3 is 2.05 bits per heavy atom. The molecule has 1 aromatic carbocycles. The Labute approximate surface area is 144 Å². The van der Waals surface area contributed by atoms with Gasteiger partial charge in [0, 0.05) is 21.8 Å². The number of halogens is 6. The minimum absolute atomic E-state index is 0.0503. The van der Waals surface area contributed by atoms with Gasteiger partial charge in [-0.1, -0.05) is 73.9 Å². The maximum Gasteiger partial charge on any atom is 0.294 e. The predicted octanol–water partition coefficient (Wildman–Crippen LogP) is 5.52. The van der Waals surface area contributed by atoms with Gasteiger partial charge in [0.15, 0.2) is 9.39 Å². The van der Waals surface area contributed by atoms with Crippen molar-refractivity contribution >= 4 is 80.4 Å². The van der Waals surface area contributed by atoms with Crippen molar-refractivity contribution in [3.05, 3.63) is 33.8 Å². The molecule has 0 fully saturated rings. The minimum Gasteiger partial charge on any atom is -0.455 e. The van der Waals surface area contributed by atoms with Crippen molar-refractivity contribution in [3.63, 3.8) is 0 Å². The van der Waals surface area contributed by atoms with Crippen LogP contribution in [0.2, 0.25) is 10.0 Å². The molecule has 0 aliphatic carbocycles. The van der Waals surface area contributed by atoms with Gasteiger partial charge in [0.25, 0.3) is 6.47 Å². The van der Waals surface area contributed by atoms with Crippen LogP contribution in [0.15, 0.2) is 18.2 Å². The average Bonchev–Trinajstić information content (AvgIpc) is 2.25. The summed E-state index contributed by atoms with van der Waals surface area (Å²) in [5.41, 5.74) is -0.623. The topological polar surface area (TPSA) is 26.3 Å². The fraction of sp³-hybridized carbons (Fsp3) is 0.364. The van der Waals surface area contributed by atoms with Crippen LogP contribution in [-0.4, -0.2) is 15.6 Å². The Bertz CT molecular complexity index is 443. The third kappa shape index (κ3) is 5.14. The van der Waals surface area contributed by atoms with E-state index in [2.05, 4.69) is 15.9 Å². The number of hydrogen-bond acceptors (Lipinski definition) is 2. The van der Waals surface area contributed by atoms with Crippen LogP contribution in [0.3, 0.4) is 0 Å². The smallest absolute Gasteiger partial charge is 0.294 e. The summed E-state index contributed by atoms with van der Waals surface area (Å²) in [5, 5.41) is 1.02. The molecule has 0 radical (unpaired) electrons. The lowest BCUT2D eigenvalue weighted by Crippen LogP contribution is -2.35. The highest BCUT2D eigenvalue weighted by molar-refractivity contribution is 9.09. The summed E-state index contributed by atoms with van der Waals surface area (Å²) >= 11 is 32.6. The maximum absolute atomic E-state index is 10.8. The molecule has 8 heteroatoms. The van der Waals surface area contributed by atoms with E-state index in [0.717, 1.165) is 0 Å². The van der Waals surface area contributed by atoms with Gasteiger partial charge in [0.05, 0.1) is 0 Å². The normalized spacial score (nSPS) is 14.8. The van der Waals surface area contributed by atoms with Crippen molar-refractivity contribution in [2.45, 2.75) is 15.8 Å². The van der Waals surface area contributed by atoms with Gasteiger partial charge < -0.3 is 4.74 Å². The lowest BCUT2D eigenvalue weighted by atomic mass is 9.92. The predicted molar refractivity (Wildman–Crippen MR) is 84.0 cm³/mol. The fourth-order valence-electron chi connectivity index (χ4n) is 1.60. The Morgan fingerprint density at radius 1 is 1.16 bits per heavy atom. The Morgan fingerprint density at radius 2 is 1.68 bits per heavy atom. The number of hydrogen-bond donors (Lipinski definition) is 0. The van der Waals surface area contributed by atoms with Crippen LogP contribution in [0, 0.1) is 0 Å². The third-order valence-electron chi connectivity index (χ3n) is 2.36. The summed E-state index contributed by atoms with van der Waals surface area (Å²) in [6, 6.07) is 4.77. The molecule has 106 valence electrons. The van der Waals surface area contributed by atoms with Gasteiger partial charge in [0.1, 0.15) is 0 Å². The molecule has 0 bridgehead atoms. The largest absolute Gasteiger partial charge is 0.455 e. The van der Waals surface area contributed by atoms with Crippen molar-refractivity contribution in [1.82, 2.24) is 0 Å². The van der Waals surface area contributed by atoms with Crippen molar-refractivity contribution < 1.29 is 9.53 Å². The molecule has 19 heavy (non-hydrogen) atoms. The first-order valence-electron chi connectivity index (χ1n) is 4.93. The first kappa shape index (κ1) is 17.7. The minimum atomic E-state index is -1.61. The van der Waals surface area contributed by atoms with E-state index >= 15 is 0 Å². The van der Waals surface area contributed by atoms with Crippen molar-refractivity contribution in [3.8, 4) is 0 Å². The van der Waals surface area contributed by atoms with E-state index in [1.807, 2.05) is 0 Å². The number of ether oxygens (including phenoxy) is 1. The average molecular weight is 429 g/mol. The first-order valence-corrected chi connectivity index (χ1v) is 7.94. The molecule has 0 aliphatic rings. The number of carbonyl (C=O) groups is 1. The highest BCUT2D eigenvalue weighted by atomic mass is 79.9. The molecule has 1 atom stereocenters. The molecule has 0 amide bonds. The lowest BCUT2D eigenvalue weighted by molar-refractivity contribution is -0.142. The Hall–Kier alpha value is 0.620. The second kappa shape index (κ2) is 7.06. The highest BCUT2D eigenvalue weighted by Gasteiger charge is 2.41. The van der Waals surface area contributed by atoms with Gasteiger partial charge in [-0.3, -0.25) is 4.79 Å². The summed E-state index contributed by atoms with van der Waals surface area (Å²) in [5.74, 6) is 0. The molecule has 0 saturated heterocycles. The number of carbonyl (C=O) groups excluding carboxylic acids is 1. The molecule has 1 aromatic rings. The third-order valence-corrected chi connectivity index (χ3v) is 4.11. The van der Waals surface area contributed by atoms with E-state index in [1.54, 1.807) is 18.2 Å². The summed E-state index contributed by atoms with van der Waals surface area (Å²) in [4.78, 5) is 10.8. The molecule has 0 spiro atoms. The zero-order valence-electron chi connectivity index (χ0n) is 9.31. The monoisotopic (exact) mass is 426 g/mol. The zero-order valence-corrected chi connectivity index (χ0v) is 14.7. The summed E-state index contributed by atoms with van der Waals surface area (Å²) in [6.45, 7) is 0.298. The maximum atomic E-state index is 10.8. The van der Waals surface area contributed by atoms with Gasteiger partial charge in [-0.15, -0.1) is 0 Å². The van der Waals surface area contributed by atoms with Crippen LogP contribution in [-0.2, 0) is 15.1 Å². The first-order chi connectivity index (χ1) is 8.72. The second-order valence-electron chi connectivity index (χ2n) is 3.79. The highest BCUT2D eigenvalue weighted by Crippen LogP contribution is 2.43. The van der Waals surface area contributed by atoms with E-state index in [4.69, 9.17) is 62.7 Å². The van der Waals surface area contributed by atoms with Crippen molar-refractivity contribution in [2.24, 2.45) is 0 Å². The summed E-state index contributed by atoms with van der Waals surface area (Å²) in [7, 11) is 0. The fourth-order valence-corrected chi connectivity index (χ4v) is 3.43. The SMILES string of the molecule is O=COC(CBr)(CC(Cl)(Cl)Cl)c1cc(Cl)cc(Cl)c1. The van der Waals surface area contributed by atoms with E-state index < -0.39 is 9.39 Å². The zero-order chi connectivity index (χ0) is 14.7. The number of alkyl halides is 4. The van der Waals surface area contributed by atoms with E-state index in [9.17, 15) is 4.79 Å². The summed E-state index contributed by atoms with van der Waals surface area (Å²) < 4.78 is 3.55. The van der Waals surface area contributed by atoms with E-state index in [1.165, 1.54) is 0 Å². The molecular weight excluding hydrogens is 421 g/mol. The number of benzene rings is 1.